The van der Waals surface area contributed by atoms with Gasteiger partial charge in [0.15, 0.2) is 0 Å². The summed E-state index contributed by atoms with van der Waals surface area (Å²) in [5.41, 5.74) is 0.967. The minimum absolute atomic E-state index is 0.145. The molecule has 0 aliphatic carbocycles. The van der Waals surface area contributed by atoms with Crippen molar-refractivity contribution in [3.63, 3.8) is 0 Å². The average Bonchev–Trinajstić information content (AvgIpc) is 2.40. The Morgan fingerprint density at radius 1 is 1.11 bits per heavy atom. The molecule has 0 radical (unpaired) electrons. The van der Waals surface area contributed by atoms with Crippen molar-refractivity contribution in [1.82, 2.24) is 5.32 Å². The molecule has 0 unspecified atom stereocenters. The van der Waals surface area contributed by atoms with Gasteiger partial charge in [-0.05, 0) is 36.8 Å². The smallest absolute Gasteiger partial charge is 0.410 e. The third-order valence-electron chi connectivity index (χ3n) is 2.66. The van der Waals surface area contributed by atoms with Crippen LogP contribution in [0.4, 0.5) is 4.79 Å². The molecule has 1 N–H and O–H groups in total. The number of ether oxygens (including phenoxy) is 1. The Bertz CT molecular complexity index is 540. The van der Waals surface area contributed by atoms with Crippen molar-refractivity contribution in [2.75, 3.05) is 0 Å². The monoisotopic (exact) mass is 275 g/mol. The highest BCUT2D eigenvalue weighted by Gasteiger charge is 2.10. The maximum Gasteiger partial charge on any atom is 0.413 e. The molecule has 0 fully saturated rings. The molecule has 2 rings (SSSR count). The Morgan fingerprint density at radius 3 is 2.37 bits per heavy atom. The van der Waals surface area contributed by atoms with Crippen LogP contribution in [0.5, 0.6) is 5.75 Å². The number of benzene rings is 2. The molecule has 0 saturated carbocycles. The molecule has 0 aliphatic heterocycles. The lowest BCUT2D eigenvalue weighted by molar-refractivity contribution is 0.197. The molecule has 98 valence electrons. The molecule has 3 nitrogen and oxygen atoms in total. The second-order valence-electron chi connectivity index (χ2n) is 4.12. The number of carbonyl (C=O) groups is 1. The number of hydrogen-bond donors (Lipinski definition) is 1. The van der Waals surface area contributed by atoms with Gasteiger partial charge in [-0.25, -0.2) is 4.79 Å². The van der Waals surface area contributed by atoms with Crippen LogP contribution >= 0.6 is 11.6 Å². The van der Waals surface area contributed by atoms with Crippen molar-refractivity contribution < 1.29 is 9.53 Å². The zero-order chi connectivity index (χ0) is 13.7. The highest BCUT2D eigenvalue weighted by molar-refractivity contribution is 6.30. The number of nitrogens with one attached hydrogen (secondary N) is 1. The van der Waals surface area contributed by atoms with E-state index in [0.717, 1.165) is 5.56 Å². The van der Waals surface area contributed by atoms with Crippen molar-refractivity contribution >= 4 is 17.7 Å². The fourth-order valence-corrected chi connectivity index (χ4v) is 1.76. The fraction of sp³-hybridized carbons (Fsp3) is 0.133. The molecule has 1 atom stereocenters. The van der Waals surface area contributed by atoms with E-state index >= 15 is 0 Å². The summed E-state index contributed by atoms with van der Waals surface area (Å²) >= 11 is 5.82. The van der Waals surface area contributed by atoms with Crippen LogP contribution in [0.2, 0.25) is 5.02 Å². The molecule has 0 saturated heterocycles. The summed E-state index contributed by atoms with van der Waals surface area (Å²) in [5.74, 6) is 0.517. The number of para-hydroxylation sites is 1. The van der Waals surface area contributed by atoms with Gasteiger partial charge < -0.3 is 10.1 Å². The first-order valence-electron chi connectivity index (χ1n) is 5.94. The van der Waals surface area contributed by atoms with E-state index in [4.69, 9.17) is 16.3 Å². The first-order valence-corrected chi connectivity index (χ1v) is 6.32. The van der Waals surface area contributed by atoms with E-state index in [1.807, 2.05) is 37.3 Å². The van der Waals surface area contributed by atoms with E-state index in [-0.39, 0.29) is 6.04 Å². The van der Waals surface area contributed by atoms with Crippen molar-refractivity contribution in [2.45, 2.75) is 13.0 Å². The first-order chi connectivity index (χ1) is 9.15. The summed E-state index contributed by atoms with van der Waals surface area (Å²) in [6, 6.07) is 16.1. The predicted octanol–water partition coefficient (Wildman–Crippen LogP) is 4.19. The molecule has 4 heteroatoms. The first kappa shape index (κ1) is 13.4. The summed E-state index contributed by atoms with van der Waals surface area (Å²) in [6.07, 6.45) is -0.478. The van der Waals surface area contributed by atoms with E-state index in [2.05, 4.69) is 5.32 Å². The summed E-state index contributed by atoms with van der Waals surface area (Å²) in [4.78, 5) is 11.7. The Morgan fingerprint density at radius 2 is 1.74 bits per heavy atom. The van der Waals surface area contributed by atoms with Gasteiger partial charge in [-0.2, -0.15) is 0 Å². The number of rotatable bonds is 3. The molecular formula is C15H14ClNO2. The van der Waals surface area contributed by atoms with Crippen LogP contribution in [0.15, 0.2) is 54.6 Å². The molecule has 2 aromatic rings. The molecule has 0 heterocycles. The molecule has 0 aromatic heterocycles. The molecule has 0 bridgehead atoms. The largest absolute Gasteiger partial charge is 0.413 e. The van der Waals surface area contributed by atoms with Crippen molar-refractivity contribution in [2.24, 2.45) is 0 Å². The van der Waals surface area contributed by atoms with E-state index in [9.17, 15) is 4.79 Å². The molecule has 0 aliphatic rings. The van der Waals surface area contributed by atoms with E-state index in [1.165, 1.54) is 0 Å². The van der Waals surface area contributed by atoms with Gasteiger partial charge in [0, 0.05) is 5.02 Å². The standard InChI is InChI=1S/C15H14ClNO2/c1-11(12-7-9-13(16)10-8-12)17-15(18)19-14-5-3-2-4-6-14/h2-11H,1H3,(H,17,18)/t11-/m1/s1. The van der Waals surface area contributed by atoms with E-state index < -0.39 is 6.09 Å². The minimum atomic E-state index is -0.478. The summed E-state index contributed by atoms with van der Waals surface area (Å²) in [6.45, 7) is 1.88. The molecule has 0 spiro atoms. The van der Waals surface area contributed by atoms with Crippen LogP contribution in [0.25, 0.3) is 0 Å². The SMILES string of the molecule is C[C@@H](NC(=O)Oc1ccccc1)c1ccc(Cl)cc1. The Hall–Kier alpha value is -2.00. The van der Waals surface area contributed by atoms with Gasteiger partial charge in [-0.1, -0.05) is 41.9 Å². The quantitative estimate of drug-likeness (QED) is 0.912. The van der Waals surface area contributed by atoms with Gasteiger partial charge in [-0.3, -0.25) is 0 Å². The van der Waals surface area contributed by atoms with Crippen molar-refractivity contribution in [3.05, 3.63) is 65.2 Å². The van der Waals surface area contributed by atoms with Crippen LogP contribution in [-0.4, -0.2) is 6.09 Å². The van der Waals surface area contributed by atoms with Crippen molar-refractivity contribution in [1.29, 1.82) is 0 Å². The molecule has 1 amide bonds. The van der Waals surface area contributed by atoms with Gasteiger partial charge in [0.05, 0.1) is 6.04 Å². The third kappa shape index (κ3) is 4.00. The third-order valence-corrected chi connectivity index (χ3v) is 2.91. The number of halogens is 1. The maximum atomic E-state index is 11.7. The lowest BCUT2D eigenvalue weighted by Gasteiger charge is -2.14. The molecular weight excluding hydrogens is 262 g/mol. The second-order valence-corrected chi connectivity index (χ2v) is 4.56. The van der Waals surface area contributed by atoms with Crippen LogP contribution < -0.4 is 10.1 Å². The van der Waals surface area contributed by atoms with Gasteiger partial charge in [0.25, 0.3) is 0 Å². The number of carbonyl (C=O) groups excluding carboxylic acids is 1. The van der Waals surface area contributed by atoms with E-state index in [1.54, 1.807) is 24.3 Å². The number of hydrogen-bond acceptors (Lipinski definition) is 2. The lowest BCUT2D eigenvalue weighted by Crippen LogP contribution is -2.29. The number of amides is 1. The van der Waals surface area contributed by atoms with Gasteiger partial charge in [0.1, 0.15) is 5.75 Å². The zero-order valence-electron chi connectivity index (χ0n) is 10.5. The van der Waals surface area contributed by atoms with Gasteiger partial charge in [-0.15, -0.1) is 0 Å². The predicted molar refractivity (Wildman–Crippen MR) is 75.5 cm³/mol. The summed E-state index contributed by atoms with van der Waals surface area (Å²) in [7, 11) is 0. The van der Waals surface area contributed by atoms with Gasteiger partial charge in [0.2, 0.25) is 0 Å². The highest BCUT2D eigenvalue weighted by Crippen LogP contribution is 2.16. The molecule has 2 aromatic carbocycles. The van der Waals surface area contributed by atoms with Crippen LogP contribution in [0.3, 0.4) is 0 Å². The summed E-state index contributed by atoms with van der Waals surface area (Å²) < 4.78 is 5.15. The van der Waals surface area contributed by atoms with E-state index in [0.29, 0.717) is 10.8 Å². The van der Waals surface area contributed by atoms with Crippen LogP contribution in [0, 0.1) is 0 Å². The summed E-state index contributed by atoms with van der Waals surface area (Å²) in [5, 5.41) is 3.43. The van der Waals surface area contributed by atoms with Crippen molar-refractivity contribution in [3.8, 4) is 5.75 Å². The average molecular weight is 276 g/mol. The highest BCUT2D eigenvalue weighted by atomic mass is 35.5. The minimum Gasteiger partial charge on any atom is -0.410 e. The van der Waals surface area contributed by atoms with Gasteiger partial charge >= 0.3 is 6.09 Å². The van der Waals surface area contributed by atoms with Crippen LogP contribution in [0.1, 0.15) is 18.5 Å². The van der Waals surface area contributed by atoms with Crippen LogP contribution in [-0.2, 0) is 0 Å². The second kappa shape index (κ2) is 6.25. The normalized spacial score (nSPS) is 11.7. The topological polar surface area (TPSA) is 38.3 Å². The Labute approximate surface area is 117 Å². The lowest BCUT2D eigenvalue weighted by atomic mass is 10.1. The fourth-order valence-electron chi connectivity index (χ4n) is 1.64. The Kier molecular flexibility index (Phi) is 4.42. The molecule has 19 heavy (non-hydrogen) atoms. The Balaban J connectivity index is 1.93. The maximum absolute atomic E-state index is 11.7. The zero-order valence-corrected chi connectivity index (χ0v) is 11.2.